The summed E-state index contributed by atoms with van der Waals surface area (Å²) in [5, 5.41) is 20.8. The number of carbonyl (C=O) groups is 3. The summed E-state index contributed by atoms with van der Waals surface area (Å²) >= 11 is 4.24. The lowest BCUT2D eigenvalue weighted by Gasteiger charge is -2.51. The van der Waals surface area contributed by atoms with E-state index in [1.54, 1.807) is 6.08 Å². The van der Waals surface area contributed by atoms with Crippen molar-refractivity contribution in [2.75, 3.05) is 0 Å². The van der Waals surface area contributed by atoms with Crippen molar-refractivity contribution in [2.45, 2.75) is 40.1 Å². The molecule has 11 heteroatoms. The molecule has 1 aromatic heterocycles. The van der Waals surface area contributed by atoms with Crippen LogP contribution in [0.5, 0.6) is 0 Å². The van der Waals surface area contributed by atoms with Gasteiger partial charge in [0, 0.05) is 0 Å². The summed E-state index contributed by atoms with van der Waals surface area (Å²) in [6.45, 7) is 3.73. The van der Waals surface area contributed by atoms with Crippen LogP contribution in [0, 0.1) is 6.92 Å². The second kappa shape index (κ2) is 8.05. The summed E-state index contributed by atoms with van der Waals surface area (Å²) in [5.74, 6) is -1.87. The van der Waals surface area contributed by atoms with E-state index in [4.69, 9.17) is 0 Å². The summed E-state index contributed by atoms with van der Waals surface area (Å²) in [7, 11) is 0. The Balaban J connectivity index is 1.52. The van der Waals surface area contributed by atoms with Crippen LogP contribution < -0.4 is 5.32 Å². The minimum atomic E-state index is -1.18. The molecule has 0 bridgehead atoms. The lowest BCUT2D eigenvalue weighted by atomic mass is 10.0. The van der Waals surface area contributed by atoms with E-state index in [0.29, 0.717) is 4.34 Å². The number of β-lactam (4-membered cyclic amide) rings is 1. The van der Waals surface area contributed by atoms with Crippen LogP contribution >= 0.6 is 34.9 Å². The van der Waals surface area contributed by atoms with E-state index >= 15 is 0 Å². The Morgan fingerprint density at radius 3 is 2.67 bits per heavy atom. The van der Waals surface area contributed by atoms with Crippen LogP contribution in [0.3, 0.4) is 0 Å². The second-order valence-corrected chi connectivity index (χ2v) is 11.7. The number of nitrogens with zero attached hydrogens (tertiary/aromatic N) is 3. The molecule has 1 aromatic carbocycles. The van der Waals surface area contributed by atoms with Crippen molar-refractivity contribution in [3.8, 4) is 0 Å². The lowest BCUT2D eigenvalue weighted by molar-refractivity contribution is -0.150. The van der Waals surface area contributed by atoms with Gasteiger partial charge in [-0.1, -0.05) is 53.4 Å². The number of aryl methyl sites for hydroxylation is 1. The van der Waals surface area contributed by atoms with Gasteiger partial charge >= 0.3 is 5.97 Å². The molecule has 3 heterocycles. The van der Waals surface area contributed by atoms with Crippen LogP contribution in [0.25, 0.3) is 0 Å². The van der Waals surface area contributed by atoms with Crippen molar-refractivity contribution in [3.05, 3.63) is 52.7 Å². The molecule has 2 N–H and O–H groups in total. The fraction of sp³-hybridized carbons (Fsp3) is 0.316. The Hall–Kier alpha value is -2.37. The fourth-order valence-corrected chi connectivity index (χ4v) is 7.53. The molecular weight excluding hydrogens is 444 g/mol. The van der Waals surface area contributed by atoms with Gasteiger partial charge in [0.15, 0.2) is 4.34 Å². The zero-order valence-electron chi connectivity index (χ0n) is 16.1. The molecule has 1 fully saturated rings. The first kappa shape index (κ1) is 20.9. The van der Waals surface area contributed by atoms with E-state index in [9.17, 15) is 19.5 Å². The van der Waals surface area contributed by atoms with Gasteiger partial charge in [-0.05, 0) is 25.5 Å². The van der Waals surface area contributed by atoms with E-state index in [1.807, 2.05) is 44.2 Å². The van der Waals surface area contributed by atoms with Crippen molar-refractivity contribution >= 4 is 52.6 Å². The summed E-state index contributed by atoms with van der Waals surface area (Å²) < 4.78 is 0.0384. The number of rotatable bonds is 6. The molecule has 3 atom stereocenters. The van der Waals surface area contributed by atoms with Crippen molar-refractivity contribution in [3.63, 3.8) is 0 Å². The Morgan fingerprint density at radius 1 is 1.30 bits per heavy atom. The van der Waals surface area contributed by atoms with Gasteiger partial charge < -0.3 is 10.4 Å². The molecule has 30 heavy (non-hydrogen) atoms. The summed E-state index contributed by atoms with van der Waals surface area (Å²) in [4.78, 5) is 38.2. The van der Waals surface area contributed by atoms with E-state index in [-0.39, 0.29) is 18.0 Å². The quantitative estimate of drug-likeness (QED) is 0.629. The molecule has 2 amide bonds. The van der Waals surface area contributed by atoms with Crippen LogP contribution in [-0.4, -0.2) is 53.5 Å². The smallest absolute Gasteiger partial charge is 0.352 e. The molecule has 0 radical (unpaired) electrons. The second-order valence-electron chi connectivity index (χ2n) is 6.96. The van der Waals surface area contributed by atoms with Gasteiger partial charge in [-0.2, -0.15) is 0 Å². The minimum Gasteiger partial charge on any atom is -0.477 e. The number of hydrogen-bond donors (Lipinski definition) is 2. The van der Waals surface area contributed by atoms with E-state index in [1.165, 1.54) is 39.8 Å². The maximum absolute atomic E-state index is 12.6. The molecule has 0 saturated carbocycles. The SMILES string of the molecule is Cc1nnc(SC2(C)C=C(C(=O)O)N3C(=O)C(NC(=O)Cc4ccccc4)[C@H]3S2)s1. The number of thioether (sulfide) groups is 2. The zero-order valence-corrected chi connectivity index (χ0v) is 18.5. The van der Waals surface area contributed by atoms with Crippen molar-refractivity contribution in [1.82, 2.24) is 20.4 Å². The molecule has 8 nitrogen and oxygen atoms in total. The van der Waals surface area contributed by atoms with E-state index in [0.717, 1.165) is 10.6 Å². The monoisotopic (exact) mass is 462 g/mol. The number of carboxylic acids is 1. The number of carboxylic acid groups (broad SMARTS) is 1. The van der Waals surface area contributed by atoms with Gasteiger partial charge in [0.05, 0.1) is 10.5 Å². The number of nitrogens with one attached hydrogen (secondary N) is 1. The highest BCUT2D eigenvalue weighted by Crippen LogP contribution is 2.53. The molecule has 2 aliphatic rings. The predicted octanol–water partition coefficient (Wildman–Crippen LogP) is 2.27. The average Bonchev–Trinajstić information content (AvgIpc) is 3.10. The van der Waals surface area contributed by atoms with E-state index in [2.05, 4.69) is 15.5 Å². The Kier molecular flexibility index (Phi) is 5.60. The van der Waals surface area contributed by atoms with Gasteiger partial charge in [-0.3, -0.25) is 14.5 Å². The van der Waals surface area contributed by atoms with Crippen molar-refractivity contribution in [2.24, 2.45) is 0 Å². The molecule has 4 rings (SSSR count). The zero-order chi connectivity index (χ0) is 21.5. The Bertz CT molecular complexity index is 1040. The summed E-state index contributed by atoms with van der Waals surface area (Å²) in [6.07, 6.45) is 1.72. The number of hydrogen-bond acceptors (Lipinski definition) is 8. The third-order valence-corrected chi connectivity index (χ3v) is 8.36. The fourth-order valence-electron chi connectivity index (χ4n) is 3.28. The number of fused-ring (bicyclic) bond motifs is 1. The molecule has 2 unspecified atom stereocenters. The highest BCUT2D eigenvalue weighted by molar-refractivity contribution is 8.19. The van der Waals surface area contributed by atoms with Gasteiger partial charge in [0.2, 0.25) is 5.91 Å². The number of aliphatic carboxylic acids is 1. The maximum Gasteiger partial charge on any atom is 0.352 e. The molecule has 2 aliphatic heterocycles. The molecule has 1 saturated heterocycles. The highest BCUT2D eigenvalue weighted by atomic mass is 32.2. The summed E-state index contributed by atoms with van der Waals surface area (Å²) in [6, 6.07) is 8.46. The van der Waals surface area contributed by atoms with Crippen molar-refractivity contribution in [1.29, 1.82) is 0 Å². The molecule has 156 valence electrons. The first-order chi connectivity index (χ1) is 14.3. The van der Waals surface area contributed by atoms with Crippen LogP contribution in [0.1, 0.15) is 17.5 Å². The third-order valence-electron chi connectivity index (χ3n) is 4.60. The largest absolute Gasteiger partial charge is 0.477 e. The first-order valence-electron chi connectivity index (χ1n) is 9.05. The predicted molar refractivity (Wildman–Crippen MR) is 115 cm³/mol. The number of aromatic nitrogens is 2. The normalized spacial score (nSPS) is 25.2. The standard InChI is InChI=1S/C19H18N4O4S3/c1-10-21-22-18(28-10)30-19(2)9-12(17(26)27)23-15(25)14(16(23)29-19)20-13(24)8-11-6-4-3-5-7-11/h3-7,9,14,16H,8H2,1-2H3,(H,20,24)(H,26,27)/t14?,16-,19?/m1/s1. The Labute approximate surface area is 185 Å². The number of carbonyl (C=O) groups excluding carboxylic acids is 2. The minimum absolute atomic E-state index is 0.0754. The van der Waals surface area contributed by atoms with Gasteiger partial charge in [0.1, 0.15) is 22.1 Å². The summed E-state index contributed by atoms with van der Waals surface area (Å²) in [5.41, 5.74) is 0.765. The van der Waals surface area contributed by atoms with Gasteiger partial charge in [0.25, 0.3) is 5.91 Å². The van der Waals surface area contributed by atoms with Crippen LogP contribution in [0.2, 0.25) is 0 Å². The number of amides is 2. The first-order valence-corrected chi connectivity index (χ1v) is 11.6. The molecule has 2 aromatic rings. The van der Waals surface area contributed by atoms with Crippen LogP contribution in [-0.2, 0) is 20.8 Å². The van der Waals surface area contributed by atoms with Gasteiger partial charge in [-0.25, -0.2) is 4.79 Å². The lowest BCUT2D eigenvalue weighted by Crippen LogP contribution is -2.71. The molecular formula is C19H18N4O4S3. The highest BCUT2D eigenvalue weighted by Gasteiger charge is 2.57. The average molecular weight is 463 g/mol. The third kappa shape index (κ3) is 4.09. The topological polar surface area (TPSA) is 112 Å². The molecule has 0 aliphatic carbocycles. The Morgan fingerprint density at radius 2 is 2.03 bits per heavy atom. The van der Waals surface area contributed by atoms with Crippen LogP contribution in [0.4, 0.5) is 0 Å². The van der Waals surface area contributed by atoms with E-state index < -0.39 is 27.4 Å². The molecule has 0 spiro atoms. The van der Waals surface area contributed by atoms with Crippen LogP contribution in [0.15, 0.2) is 46.4 Å². The van der Waals surface area contributed by atoms with Crippen molar-refractivity contribution < 1.29 is 19.5 Å². The van der Waals surface area contributed by atoms with Gasteiger partial charge in [-0.15, -0.1) is 22.0 Å². The number of benzene rings is 1. The maximum atomic E-state index is 12.6.